The molecule has 0 aliphatic heterocycles. The molecule has 0 saturated carbocycles. The molecule has 0 spiro atoms. The maximum absolute atomic E-state index is 11.8. The van der Waals surface area contributed by atoms with Crippen LogP contribution in [-0.4, -0.2) is 48.8 Å². The summed E-state index contributed by atoms with van der Waals surface area (Å²) in [7, 11) is 0. The maximum Gasteiger partial charge on any atom is 0.305 e. The quantitative estimate of drug-likeness (QED) is 0.232. The van der Waals surface area contributed by atoms with Crippen LogP contribution in [0.25, 0.3) is 0 Å². The van der Waals surface area contributed by atoms with E-state index in [0.29, 0.717) is 19.6 Å². The molecule has 0 saturated heterocycles. The molecule has 0 heterocycles. The predicted molar refractivity (Wildman–Crippen MR) is 110 cm³/mol. The Kier molecular flexibility index (Phi) is 20.2. The molecule has 1 N–H and O–H groups in total. The minimum Gasteiger partial charge on any atom is -0.466 e. The molecule has 26 heavy (non-hydrogen) atoms. The summed E-state index contributed by atoms with van der Waals surface area (Å²) in [6, 6.07) is 0. The number of unbranched alkanes of at least 4 members (excludes halogenated alkanes) is 10. The first kappa shape index (κ1) is 25.4. The molecule has 4 nitrogen and oxygen atoms in total. The van der Waals surface area contributed by atoms with Crippen molar-refractivity contribution in [2.75, 3.05) is 32.8 Å². The van der Waals surface area contributed by atoms with Gasteiger partial charge in [-0.05, 0) is 32.4 Å². The molecule has 0 aliphatic carbocycles. The lowest BCUT2D eigenvalue weighted by Crippen LogP contribution is -2.29. The number of ether oxygens (including phenoxy) is 1. The fraction of sp³-hybridized carbons (Fsp3) is 0.955. The van der Waals surface area contributed by atoms with Crippen LogP contribution < -0.4 is 0 Å². The zero-order valence-corrected chi connectivity index (χ0v) is 17.6. The van der Waals surface area contributed by atoms with Gasteiger partial charge in [0.25, 0.3) is 0 Å². The van der Waals surface area contributed by atoms with E-state index in [2.05, 4.69) is 18.7 Å². The average molecular weight is 372 g/mol. The topological polar surface area (TPSA) is 49.8 Å². The second-order valence-electron chi connectivity index (χ2n) is 7.42. The van der Waals surface area contributed by atoms with E-state index in [-0.39, 0.29) is 12.6 Å². The van der Waals surface area contributed by atoms with Crippen LogP contribution in [-0.2, 0) is 9.53 Å². The monoisotopic (exact) mass is 371 g/mol. The highest BCUT2D eigenvalue weighted by molar-refractivity contribution is 5.69. The van der Waals surface area contributed by atoms with E-state index in [1.807, 2.05) is 0 Å². The van der Waals surface area contributed by atoms with Crippen molar-refractivity contribution in [3.05, 3.63) is 0 Å². The van der Waals surface area contributed by atoms with Crippen molar-refractivity contribution in [1.82, 2.24) is 4.90 Å². The van der Waals surface area contributed by atoms with Crippen LogP contribution in [0.1, 0.15) is 104 Å². The number of aliphatic hydroxyl groups is 1. The van der Waals surface area contributed by atoms with Gasteiger partial charge in [0.1, 0.15) is 0 Å². The lowest BCUT2D eigenvalue weighted by molar-refractivity contribution is -0.143. The Bertz CT molecular complexity index is 297. The van der Waals surface area contributed by atoms with Crippen molar-refractivity contribution in [2.24, 2.45) is 0 Å². The molecule has 0 aromatic rings. The van der Waals surface area contributed by atoms with Crippen LogP contribution in [0.2, 0.25) is 0 Å². The molecule has 0 radical (unpaired) electrons. The number of carbonyl (C=O) groups is 1. The third-order valence-electron chi connectivity index (χ3n) is 4.86. The second kappa shape index (κ2) is 20.7. The first-order valence-corrected chi connectivity index (χ1v) is 11.2. The number of rotatable bonds is 20. The molecule has 0 aromatic carbocycles. The highest BCUT2D eigenvalue weighted by atomic mass is 16.5. The maximum atomic E-state index is 11.8. The minimum absolute atomic E-state index is 0.0668. The molecular formula is C22H45NO3. The largest absolute Gasteiger partial charge is 0.466 e. The molecule has 0 bridgehead atoms. The summed E-state index contributed by atoms with van der Waals surface area (Å²) in [4.78, 5) is 14.1. The van der Waals surface area contributed by atoms with Crippen molar-refractivity contribution in [3.63, 3.8) is 0 Å². The number of esters is 1. The fourth-order valence-corrected chi connectivity index (χ4v) is 3.18. The van der Waals surface area contributed by atoms with E-state index in [9.17, 15) is 4.79 Å². The van der Waals surface area contributed by atoms with Gasteiger partial charge < -0.3 is 14.7 Å². The summed E-state index contributed by atoms with van der Waals surface area (Å²) >= 11 is 0. The highest BCUT2D eigenvalue weighted by Crippen LogP contribution is 2.09. The summed E-state index contributed by atoms with van der Waals surface area (Å²) < 4.78 is 5.34. The number of carbonyl (C=O) groups excluding carboxylic acids is 1. The molecule has 0 aromatic heterocycles. The molecule has 0 fully saturated rings. The van der Waals surface area contributed by atoms with Gasteiger partial charge >= 0.3 is 5.97 Å². The molecular weight excluding hydrogens is 326 g/mol. The zero-order chi connectivity index (χ0) is 19.3. The van der Waals surface area contributed by atoms with Gasteiger partial charge in [-0.1, -0.05) is 78.1 Å². The normalized spacial score (nSPS) is 11.2. The first-order chi connectivity index (χ1) is 12.7. The standard InChI is InChI=1S/C22H45NO3/c1-3-5-7-9-10-11-12-14-21-26-22(25)16-15-18-23(19-20-24)17-13-8-6-4-2/h24H,3-21H2,1-2H3. The van der Waals surface area contributed by atoms with Crippen LogP contribution in [0.5, 0.6) is 0 Å². The van der Waals surface area contributed by atoms with Gasteiger partial charge in [-0.25, -0.2) is 0 Å². The first-order valence-electron chi connectivity index (χ1n) is 11.2. The Morgan fingerprint density at radius 2 is 1.27 bits per heavy atom. The van der Waals surface area contributed by atoms with E-state index < -0.39 is 0 Å². The molecule has 0 atom stereocenters. The van der Waals surface area contributed by atoms with Crippen LogP contribution >= 0.6 is 0 Å². The highest BCUT2D eigenvalue weighted by Gasteiger charge is 2.07. The van der Waals surface area contributed by atoms with Gasteiger partial charge in [0.05, 0.1) is 13.2 Å². The summed E-state index contributed by atoms with van der Waals surface area (Å²) in [5.41, 5.74) is 0. The molecule has 0 amide bonds. The number of hydrogen-bond donors (Lipinski definition) is 1. The third kappa shape index (κ3) is 18.2. The van der Waals surface area contributed by atoms with E-state index in [4.69, 9.17) is 9.84 Å². The summed E-state index contributed by atoms with van der Waals surface area (Å²) in [6.07, 6.45) is 16.3. The van der Waals surface area contributed by atoms with Crippen molar-refractivity contribution in [3.8, 4) is 0 Å². The van der Waals surface area contributed by atoms with Crippen LogP contribution in [0.4, 0.5) is 0 Å². The second-order valence-corrected chi connectivity index (χ2v) is 7.42. The van der Waals surface area contributed by atoms with E-state index in [1.54, 1.807) is 0 Å². The van der Waals surface area contributed by atoms with E-state index >= 15 is 0 Å². The van der Waals surface area contributed by atoms with E-state index in [0.717, 1.165) is 25.9 Å². The minimum atomic E-state index is -0.0668. The summed E-state index contributed by atoms with van der Waals surface area (Å²) in [5.74, 6) is -0.0668. The third-order valence-corrected chi connectivity index (χ3v) is 4.86. The summed E-state index contributed by atoms with van der Waals surface area (Å²) in [5, 5.41) is 9.16. The van der Waals surface area contributed by atoms with Gasteiger partial charge in [-0.2, -0.15) is 0 Å². The molecule has 0 rings (SSSR count). The van der Waals surface area contributed by atoms with Crippen LogP contribution in [0.3, 0.4) is 0 Å². The average Bonchev–Trinajstić information content (AvgIpc) is 2.64. The zero-order valence-electron chi connectivity index (χ0n) is 17.6. The van der Waals surface area contributed by atoms with Gasteiger partial charge in [-0.15, -0.1) is 0 Å². The van der Waals surface area contributed by atoms with Crippen molar-refractivity contribution >= 4 is 5.97 Å². The Hall–Kier alpha value is -0.610. The van der Waals surface area contributed by atoms with Gasteiger partial charge in [0.15, 0.2) is 0 Å². The number of aliphatic hydroxyl groups excluding tert-OH is 1. The predicted octanol–water partition coefficient (Wildman–Crippen LogP) is 5.33. The molecule has 156 valence electrons. The Labute approximate surface area is 162 Å². The lowest BCUT2D eigenvalue weighted by atomic mass is 10.1. The number of nitrogens with zero attached hydrogens (tertiary/aromatic N) is 1. The number of hydrogen-bond acceptors (Lipinski definition) is 4. The molecule has 4 heteroatoms. The molecule has 0 unspecified atom stereocenters. The van der Waals surface area contributed by atoms with Gasteiger partial charge in [0.2, 0.25) is 0 Å². The Morgan fingerprint density at radius 3 is 1.88 bits per heavy atom. The summed E-state index contributed by atoms with van der Waals surface area (Å²) in [6.45, 7) is 7.82. The Balaban J connectivity index is 3.52. The van der Waals surface area contributed by atoms with Crippen LogP contribution in [0, 0.1) is 0 Å². The van der Waals surface area contributed by atoms with Gasteiger partial charge in [-0.3, -0.25) is 4.79 Å². The SMILES string of the molecule is CCCCCCCCCCOC(=O)CCCN(CCO)CCCCCC. The smallest absolute Gasteiger partial charge is 0.305 e. The fourth-order valence-electron chi connectivity index (χ4n) is 3.18. The van der Waals surface area contributed by atoms with Crippen LogP contribution in [0.15, 0.2) is 0 Å². The van der Waals surface area contributed by atoms with Crippen molar-refractivity contribution in [2.45, 2.75) is 104 Å². The molecule has 0 aliphatic rings. The lowest BCUT2D eigenvalue weighted by Gasteiger charge is -2.20. The van der Waals surface area contributed by atoms with Gasteiger partial charge in [0, 0.05) is 13.0 Å². The van der Waals surface area contributed by atoms with Crippen molar-refractivity contribution in [1.29, 1.82) is 0 Å². The van der Waals surface area contributed by atoms with Crippen molar-refractivity contribution < 1.29 is 14.6 Å². The van der Waals surface area contributed by atoms with E-state index in [1.165, 1.54) is 70.6 Å². The Morgan fingerprint density at radius 1 is 0.731 bits per heavy atom.